The fourth-order valence-electron chi connectivity index (χ4n) is 4.83. The molecule has 3 aromatic rings. The van der Waals surface area contributed by atoms with Crippen molar-refractivity contribution >= 4 is 11.8 Å². The van der Waals surface area contributed by atoms with Crippen LogP contribution in [-0.4, -0.2) is 42.0 Å². The van der Waals surface area contributed by atoms with Gasteiger partial charge in [0.1, 0.15) is 11.6 Å². The fourth-order valence-corrected chi connectivity index (χ4v) is 6.20. The number of nitrogens with zero attached hydrogens (tertiary/aromatic N) is 2. The lowest BCUT2D eigenvalue weighted by Crippen LogP contribution is -2.42. The first-order valence-electron chi connectivity index (χ1n) is 11.3. The van der Waals surface area contributed by atoms with E-state index in [2.05, 4.69) is 4.90 Å². The van der Waals surface area contributed by atoms with Gasteiger partial charge in [-0.3, -0.25) is 9.36 Å². The summed E-state index contributed by atoms with van der Waals surface area (Å²) in [5.41, 5.74) is 1.18. The lowest BCUT2D eigenvalue weighted by atomic mass is 9.94. The molecule has 3 heterocycles. The van der Waals surface area contributed by atoms with Gasteiger partial charge in [-0.1, -0.05) is 18.2 Å². The monoisotopic (exact) mass is 486 g/mol. The Balaban J connectivity index is 1.73. The first kappa shape index (κ1) is 23.1. The number of thioether (sulfide) groups is 1. The van der Waals surface area contributed by atoms with Crippen LogP contribution >= 0.6 is 11.8 Å². The molecule has 0 bridgehead atoms. The van der Waals surface area contributed by atoms with Crippen molar-refractivity contribution in [3.05, 3.63) is 80.9 Å². The lowest BCUT2D eigenvalue weighted by Gasteiger charge is -2.33. The molecule has 34 heavy (non-hydrogen) atoms. The van der Waals surface area contributed by atoms with Gasteiger partial charge in [0.25, 0.3) is 5.56 Å². The molecule has 1 atom stereocenters. The molecule has 0 saturated carbocycles. The van der Waals surface area contributed by atoms with Gasteiger partial charge < -0.3 is 9.64 Å². The summed E-state index contributed by atoms with van der Waals surface area (Å²) < 4.78 is 51.4. The van der Waals surface area contributed by atoms with Crippen LogP contribution in [-0.2, 0) is 6.42 Å². The van der Waals surface area contributed by atoms with E-state index in [1.54, 1.807) is 23.6 Å². The minimum Gasteiger partial charge on any atom is -0.494 e. The Labute approximate surface area is 200 Å². The van der Waals surface area contributed by atoms with Crippen molar-refractivity contribution < 1.29 is 17.9 Å². The predicted octanol–water partition coefficient (Wildman–Crippen LogP) is 5.19. The Morgan fingerprint density at radius 2 is 1.76 bits per heavy atom. The predicted molar refractivity (Wildman–Crippen MR) is 127 cm³/mol. The van der Waals surface area contributed by atoms with Gasteiger partial charge in [-0.25, -0.2) is 13.2 Å². The third kappa shape index (κ3) is 3.82. The molecule has 8 heteroatoms. The maximum atomic E-state index is 15.3. The van der Waals surface area contributed by atoms with Gasteiger partial charge in [-0.2, -0.15) is 0 Å². The highest BCUT2D eigenvalue weighted by Gasteiger charge is 2.33. The number of ether oxygens (including phenoxy) is 1. The van der Waals surface area contributed by atoms with Crippen LogP contribution in [0.1, 0.15) is 29.2 Å². The van der Waals surface area contributed by atoms with E-state index < -0.39 is 17.5 Å². The van der Waals surface area contributed by atoms with E-state index in [0.717, 1.165) is 26.1 Å². The van der Waals surface area contributed by atoms with Gasteiger partial charge >= 0.3 is 0 Å². The Morgan fingerprint density at radius 3 is 2.41 bits per heavy atom. The van der Waals surface area contributed by atoms with Crippen LogP contribution < -0.4 is 10.3 Å². The van der Waals surface area contributed by atoms with E-state index in [4.69, 9.17) is 4.74 Å². The molecular weight excluding hydrogens is 461 g/mol. The van der Waals surface area contributed by atoms with Crippen molar-refractivity contribution in [2.45, 2.75) is 30.8 Å². The van der Waals surface area contributed by atoms with E-state index in [1.165, 1.54) is 43.1 Å². The number of fused-ring (bicyclic) bond motifs is 1. The molecule has 2 aliphatic heterocycles. The van der Waals surface area contributed by atoms with Gasteiger partial charge in [-0.05, 0) is 55.8 Å². The molecule has 1 fully saturated rings. The number of rotatable bonds is 6. The second-order valence-electron chi connectivity index (χ2n) is 8.78. The molecule has 5 rings (SSSR count). The topological polar surface area (TPSA) is 34.5 Å². The van der Waals surface area contributed by atoms with E-state index in [0.29, 0.717) is 21.9 Å². The number of halogens is 3. The molecule has 0 aliphatic carbocycles. The summed E-state index contributed by atoms with van der Waals surface area (Å²) >= 11 is 1.53. The standard InChI is InChI=1S/C26H25F3N2O2S/c1-15-18(12-19-20(27)7-4-8-21(19)28)26-31(16(14-34-26)13-30-10-5-11-30)25(32)23(15)17-6-3-9-22(33-2)24(17)29/h3-4,6-9,16H,5,10-14H2,1-2H3. The average molecular weight is 487 g/mol. The number of likely N-dealkylation sites (tertiary alicyclic amines) is 1. The van der Waals surface area contributed by atoms with Crippen LogP contribution in [0.2, 0.25) is 0 Å². The highest BCUT2D eigenvalue weighted by atomic mass is 32.2. The summed E-state index contributed by atoms with van der Waals surface area (Å²) in [6, 6.07) is 8.38. The molecule has 1 saturated heterocycles. The van der Waals surface area contributed by atoms with Crippen LogP contribution in [0.5, 0.6) is 5.75 Å². The smallest absolute Gasteiger partial charge is 0.260 e. The number of hydrogen-bond acceptors (Lipinski definition) is 4. The highest BCUT2D eigenvalue weighted by molar-refractivity contribution is 7.99. The minimum atomic E-state index is -0.640. The molecule has 2 aliphatic rings. The molecule has 0 amide bonds. The zero-order chi connectivity index (χ0) is 24.0. The van der Waals surface area contributed by atoms with Gasteiger partial charge in [0, 0.05) is 29.8 Å². The normalized spacial score (nSPS) is 17.5. The summed E-state index contributed by atoms with van der Waals surface area (Å²) in [6.45, 7) is 4.42. The second-order valence-corrected chi connectivity index (χ2v) is 9.79. The molecular formula is C26H25F3N2O2S. The van der Waals surface area contributed by atoms with Gasteiger partial charge in [0.15, 0.2) is 11.6 Å². The average Bonchev–Trinajstić information content (AvgIpc) is 3.20. The maximum absolute atomic E-state index is 15.3. The second kappa shape index (κ2) is 9.15. The number of aromatic nitrogens is 1. The Morgan fingerprint density at radius 1 is 1.06 bits per heavy atom. The SMILES string of the molecule is COc1cccc(-c2c(C)c(Cc3c(F)cccc3F)c3n(c2=O)C(CN2CCC2)CS3)c1F. The maximum Gasteiger partial charge on any atom is 0.260 e. The van der Waals surface area contributed by atoms with Gasteiger partial charge in [0.05, 0.1) is 23.7 Å². The van der Waals surface area contributed by atoms with Crippen molar-refractivity contribution in [2.75, 3.05) is 32.5 Å². The summed E-state index contributed by atoms with van der Waals surface area (Å²) in [5.74, 6) is -1.19. The largest absolute Gasteiger partial charge is 0.494 e. The number of hydrogen-bond donors (Lipinski definition) is 0. The van der Waals surface area contributed by atoms with Crippen molar-refractivity contribution in [3.63, 3.8) is 0 Å². The van der Waals surface area contributed by atoms with Crippen LogP contribution in [0.4, 0.5) is 13.2 Å². The number of pyridine rings is 1. The van der Waals surface area contributed by atoms with Crippen molar-refractivity contribution in [1.82, 2.24) is 9.47 Å². The van der Waals surface area contributed by atoms with Crippen molar-refractivity contribution in [3.8, 4) is 16.9 Å². The van der Waals surface area contributed by atoms with Crippen LogP contribution in [0, 0.1) is 24.4 Å². The van der Waals surface area contributed by atoms with Gasteiger partial charge in [-0.15, -0.1) is 11.8 Å². The highest BCUT2D eigenvalue weighted by Crippen LogP contribution is 2.41. The molecule has 0 radical (unpaired) electrons. The molecule has 0 spiro atoms. The summed E-state index contributed by atoms with van der Waals surface area (Å²) in [6.07, 6.45) is 1.11. The molecule has 0 N–H and O–H groups in total. The van der Waals surface area contributed by atoms with E-state index in [1.807, 2.05) is 0 Å². The first-order chi connectivity index (χ1) is 16.4. The van der Waals surface area contributed by atoms with E-state index in [-0.39, 0.29) is 40.5 Å². The zero-order valence-electron chi connectivity index (χ0n) is 19.0. The molecule has 2 aromatic carbocycles. The van der Waals surface area contributed by atoms with E-state index in [9.17, 15) is 13.6 Å². The fraction of sp³-hybridized carbons (Fsp3) is 0.346. The zero-order valence-corrected chi connectivity index (χ0v) is 19.9. The quantitative estimate of drug-likeness (QED) is 0.480. The van der Waals surface area contributed by atoms with E-state index >= 15 is 4.39 Å². The number of methoxy groups -OCH3 is 1. The summed E-state index contributed by atoms with van der Waals surface area (Å²) in [5, 5.41) is 0.711. The Hall–Kier alpha value is -2.71. The summed E-state index contributed by atoms with van der Waals surface area (Å²) in [7, 11) is 1.37. The Kier molecular flexibility index (Phi) is 6.20. The lowest BCUT2D eigenvalue weighted by molar-refractivity contribution is 0.157. The number of benzene rings is 2. The van der Waals surface area contributed by atoms with Crippen LogP contribution in [0.3, 0.4) is 0 Å². The van der Waals surface area contributed by atoms with Crippen LogP contribution in [0.25, 0.3) is 11.1 Å². The minimum absolute atomic E-state index is 0.0258. The Bertz CT molecular complexity index is 1300. The molecule has 178 valence electrons. The van der Waals surface area contributed by atoms with Crippen LogP contribution in [0.15, 0.2) is 46.2 Å². The third-order valence-electron chi connectivity index (χ3n) is 6.80. The first-order valence-corrected chi connectivity index (χ1v) is 12.3. The van der Waals surface area contributed by atoms with Crippen molar-refractivity contribution in [1.29, 1.82) is 0 Å². The van der Waals surface area contributed by atoms with Gasteiger partial charge in [0.2, 0.25) is 0 Å². The van der Waals surface area contributed by atoms with Crippen molar-refractivity contribution in [2.24, 2.45) is 0 Å². The molecule has 4 nitrogen and oxygen atoms in total. The molecule has 1 unspecified atom stereocenters. The molecule has 1 aromatic heterocycles. The third-order valence-corrected chi connectivity index (χ3v) is 8.07. The summed E-state index contributed by atoms with van der Waals surface area (Å²) in [4.78, 5) is 16.1.